The molecule has 35 heavy (non-hydrogen) atoms. The van der Waals surface area contributed by atoms with Crippen LogP contribution in [0.5, 0.6) is 0 Å². The molecule has 0 bridgehead atoms. The van der Waals surface area contributed by atoms with Gasteiger partial charge in [-0.2, -0.15) is 0 Å². The average Bonchev–Trinajstić information content (AvgIpc) is 3.27. The third-order valence-electron chi connectivity index (χ3n) is 5.91. The molecule has 3 aromatic carbocycles. The van der Waals surface area contributed by atoms with Crippen molar-refractivity contribution < 1.29 is 9.21 Å². The Hall–Kier alpha value is -4.10. The quantitative estimate of drug-likeness (QED) is 0.374. The van der Waals surface area contributed by atoms with Crippen LogP contribution in [0.2, 0.25) is 5.02 Å². The summed E-state index contributed by atoms with van der Waals surface area (Å²) in [7, 11) is 0. The van der Waals surface area contributed by atoms with E-state index in [1.165, 1.54) is 4.57 Å². The van der Waals surface area contributed by atoms with Gasteiger partial charge in [-0.25, -0.2) is 4.79 Å². The number of carbonyl (C=O) groups excluding carboxylic acids is 1. The molecule has 8 heteroatoms. The van der Waals surface area contributed by atoms with Crippen LogP contribution in [0, 0.1) is 0 Å². The van der Waals surface area contributed by atoms with Crippen LogP contribution in [0.4, 0.5) is 0 Å². The lowest BCUT2D eigenvalue weighted by Crippen LogP contribution is -2.42. The Morgan fingerprint density at radius 3 is 2.34 bits per heavy atom. The predicted molar refractivity (Wildman–Crippen MR) is 136 cm³/mol. The van der Waals surface area contributed by atoms with Crippen LogP contribution in [0.1, 0.15) is 11.1 Å². The van der Waals surface area contributed by atoms with E-state index in [1.54, 1.807) is 36.4 Å². The maximum absolute atomic E-state index is 13.5. The lowest BCUT2D eigenvalue weighted by molar-refractivity contribution is -0.121. The molecule has 0 atom stereocenters. The minimum absolute atomic E-state index is 0.0596. The minimum Gasteiger partial charge on any atom is -0.449 e. The zero-order chi connectivity index (χ0) is 24.4. The SMILES string of the molecule is O=C(Cn1c(=O)n(CCc2ccccc2)c(=O)c2oc3ccccc3c21)NCc1ccc(Cl)cc1. The van der Waals surface area contributed by atoms with Gasteiger partial charge in [-0.1, -0.05) is 66.2 Å². The van der Waals surface area contributed by atoms with Crippen molar-refractivity contribution >= 4 is 39.6 Å². The second-order valence-electron chi connectivity index (χ2n) is 8.24. The first-order chi connectivity index (χ1) is 17.0. The van der Waals surface area contributed by atoms with Gasteiger partial charge in [0.05, 0.1) is 0 Å². The highest BCUT2D eigenvalue weighted by Gasteiger charge is 2.21. The fourth-order valence-corrected chi connectivity index (χ4v) is 4.25. The molecule has 176 valence electrons. The highest BCUT2D eigenvalue weighted by molar-refractivity contribution is 6.30. The van der Waals surface area contributed by atoms with Crippen LogP contribution in [0.3, 0.4) is 0 Å². The van der Waals surface area contributed by atoms with Gasteiger partial charge in [-0.15, -0.1) is 0 Å². The van der Waals surface area contributed by atoms with Gasteiger partial charge in [-0.3, -0.25) is 18.7 Å². The Balaban J connectivity index is 1.52. The van der Waals surface area contributed by atoms with E-state index < -0.39 is 11.2 Å². The lowest BCUT2D eigenvalue weighted by atomic mass is 10.1. The van der Waals surface area contributed by atoms with Crippen molar-refractivity contribution in [2.24, 2.45) is 0 Å². The zero-order valence-electron chi connectivity index (χ0n) is 18.7. The molecule has 0 saturated carbocycles. The van der Waals surface area contributed by atoms with Gasteiger partial charge in [0.15, 0.2) is 0 Å². The van der Waals surface area contributed by atoms with Crippen molar-refractivity contribution in [2.75, 3.05) is 0 Å². The van der Waals surface area contributed by atoms with Crippen molar-refractivity contribution in [3.63, 3.8) is 0 Å². The number of benzene rings is 3. The number of nitrogens with one attached hydrogen (secondary N) is 1. The van der Waals surface area contributed by atoms with Gasteiger partial charge < -0.3 is 9.73 Å². The van der Waals surface area contributed by atoms with Crippen molar-refractivity contribution in [3.8, 4) is 0 Å². The molecule has 0 spiro atoms. The van der Waals surface area contributed by atoms with Crippen LogP contribution in [0.25, 0.3) is 22.1 Å². The van der Waals surface area contributed by atoms with E-state index in [-0.39, 0.29) is 31.1 Å². The van der Waals surface area contributed by atoms with Crippen LogP contribution in [-0.2, 0) is 30.8 Å². The minimum atomic E-state index is -0.549. The summed E-state index contributed by atoms with van der Waals surface area (Å²) in [6, 6.07) is 23.8. The molecule has 1 N–H and O–H groups in total. The van der Waals surface area contributed by atoms with E-state index in [2.05, 4.69) is 5.32 Å². The number of halogens is 1. The van der Waals surface area contributed by atoms with Crippen LogP contribution in [0.15, 0.2) is 92.9 Å². The maximum Gasteiger partial charge on any atom is 0.332 e. The summed E-state index contributed by atoms with van der Waals surface area (Å²) in [5.41, 5.74) is 1.69. The Morgan fingerprint density at radius 1 is 0.857 bits per heavy atom. The number of aromatic nitrogens is 2. The Labute approximate surface area is 205 Å². The van der Waals surface area contributed by atoms with E-state index in [1.807, 2.05) is 42.5 Å². The maximum atomic E-state index is 13.5. The third kappa shape index (κ3) is 4.63. The molecule has 0 aliphatic carbocycles. The molecular weight excluding hydrogens is 466 g/mol. The van der Waals surface area contributed by atoms with Gasteiger partial charge in [0.1, 0.15) is 17.6 Å². The molecule has 2 heterocycles. The molecule has 5 rings (SSSR count). The van der Waals surface area contributed by atoms with Gasteiger partial charge in [0.2, 0.25) is 11.5 Å². The van der Waals surface area contributed by atoms with E-state index in [4.69, 9.17) is 16.0 Å². The first-order valence-corrected chi connectivity index (χ1v) is 11.6. The molecule has 0 radical (unpaired) electrons. The fourth-order valence-electron chi connectivity index (χ4n) is 4.13. The van der Waals surface area contributed by atoms with E-state index in [9.17, 15) is 14.4 Å². The van der Waals surface area contributed by atoms with Crippen LogP contribution in [-0.4, -0.2) is 15.0 Å². The Kier molecular flexibility index (Phi) is 6.25. The molecule has 0 fully saturated rings. The highest BCUT2D eigenvalue weighted by Crippen LogP contribution is 2.25. The fraction of sp³-hybridized carbons (Fsp3) is 0.148. The van der Waals surface area contributed by atoms with Crippen molar-refractivity contribution in [3.05, 3.63) is 116 Å². The van der Waals surface area contributed by atoms with Crippen LogP contribution < -0.4 is 16.6 Å². The standard InChI is InChI=1S/C27H22ClN3O4/c28-20-12-10-19(11-13-20)16-29-23(32)17-31-24-21-8-4-5-9-22(21)35-25(24)26(33)30(27(31)34)15-14-18-6-2-1-3-7-18/h1-13H,14-17H2,(H,29,32). The monoisotopic (exact) mass is 487 g/mol. The van der Waals surface area contributed by atoms with Gasteiger partial charge in [0.25, 0.3) is 5.56 Å². The molecule has 0 aliphatic heterocycles. The summed E-state index contributed by atoms with van der Waals surface area (Å²) in [6.45, 7) is 0.201. The Morgan fingerprint density at radius 2 is 1.57 bits per heavy atom. The second kappa shape index (κ2) is 9.64. The molecule has 0 saturated heterocycles. The smallest absolute Gasteiger partial charge is 0.332 e. The van der Waals surface area contributed by atoms with Crippen molar-refractivity contribution in [1.29, 1.82) is 0 Å². The normalized spacial score (nSPS) is 11.2. The van der Waals surface area contributed by atoms with E-state index in [0.717, 1.165) is 15.7 Å². The number of furan rings is 1. The summed E-state index contributed by atoms with van der Waals surface area (Å²) >= 11 is 5.92. The Bertz CT molecular complexity index is 1630. The first-order valence-electron chi connectivity index (χ1n) is 11.2. The number of nitrogens with zero attached hydrogens (tertiary/aromatic N) is 2. The highest BCUT2D eigenvalue weighted by atomic mass is 35.5. The number of carbonyl (C=O) groups is 1. The zero-order valence-corrected chi connectivity index (χ0v) is 19.5. The lowest BCUT2D eigenvalue weighted by Gasteiger charge is -2.12. The molecule has 5 aromatic rings. The van der Waals surface area contributed by atoms with Gasteiger partial charge in [0, 0.05) is 23.5 Å². The van der Waals surface area contributed by atoms with Gasteiger partial charge in [-0.05, 0) is 41.8 Å². The summed E-state index contributed by atoms with van der Waals surface area (Å²) in [5, 5.41) is 4.05. The summed E-state index contributed by atoms with van der Waals surface area (Å²) in [4.78, 5) is 39.6. The van der Waals surface area contributed by atoms with Gasteiger partial charge >= 0.3 is 5.69 Å². The summed E-state index contributed by atoms with van der Waals surface area (Å²) < 4.78 is 8.32. The summed E-state index contributed by atoms with van der Waals surface area (Å²) in [5.74, 6) is -0.359. The number of rotatable bonds is 7. The molecule has 0 aliphatic rings. The number of aryl methyl sites for hydroxylation is 1. The molecular formula is C27H22ClN3O4. The first kappa shape index (κ1) is 22.7. The number of amides is 1. The molecule has 7 nitrogen and oxygen atoms in total. The molecule has 2 aromatic heterocycles. The number of hydrogen-bond acceptors (Lipinski definition) is 4. The number of fused-ring (bicyclic) bond motifs is 3. The topological polar surface area (TPSA) is 86.2 Å². The number of hydrogen-bond donors (Lipinski definition) is 1. The van der Waals surface area contributed by atoms with Crippen molar-refractivity contribution in [2.45, 2.75) is 26.1 Å². The number of para-hydroxylation sites is 1. The molecule has 0 unspecified atom stereocenters. The summed E-state index contributed by atoms with van der Waals surface area (Å²) in [6.07, 6.45) is 0.491. The predicted octanol–water partition coefficient (Wildman–Crippen LogP) is 4.12. The average molecular weight is 488 g/mol. The van der Waals surface area contributed by atoms with Crippen LogP contribution >= 0.6 is 11.6 Å². The largest absolute Gasteiger partial charge is 0.449 e. The molecule has 1 amide bonds. The third-order valence-corrected chi connectivity index (χ3v) is 6.16. The second-order valence-corrected chi connectivity index (χ2v) is 8.68. The van der Waals surface area contributed by atoms with Crippen molar-refractivity contribution in [1.82, 2.24) is 14.5 Å². The van der Waals surface area contributed by atoms with E-state index >= 15 is 0 Å². The van der Waals surface area contributed by atoms with E-state index in [0.29, 0.717) is 27.9 Å².